The first kappa shape index (κ1) is 36.7. The predicted molar refractivity (Wildman–Crippen MR) is 182 cm³/mol. The number of carbonyl (C=O) groups is 2. The van der Waals surface area contributed by atoms with Gasteiger partial charge in [0.2, 0.25) is 0 Å². The van der Waals surface area contributed by atoms with Gasteiger partial charge in [0, 0.05) is 38.3 Å². The molecule has 0 radical (unpaired) electrons. The molecule has 3 N–H and O–H groups in total. The van der Waals surface area contributed by atoms with Crippen molar-refractivity contribution in [2.24, 2.45) is 5.92 Å². The Labute approximate surface area is 282 Å². The van der Waals surface area contributed by atoms with Crippen molar-refractivity contribution in [3.05, 3.63) is 65.5 Å². The fourth-order valence-electron chi connectivity index (χ4n) is 5.48. The lowest BCUT2D eigenvalue weighted by Crippen LogP contribution is -2.48. The number of nitrogens with one attached hydrogen (secondary N) is 2. The van der Waals surface area contributed by atoms with Gasteiger partial charge in [0.25, 0.3) is 15.9 Å². The molecule has 3 aromatic rings. The van der Waals surface area contributed by atoms with E-state index < -0.39 is 28.1 Å². The number of aryl methyl sites for hydroxylation is 2. The van der Waals surface area contributed by atoms with Crippen LogP contribution < -0.4 is 14.8 Å². The summed E-state index contributed by atoms with van der Waals surface area (Å²) >= 11 is 0. The first-order valence-corrected chi connectivity index (χ1v) is 17.7. The molecule has 262 valence electrons. The van der Waals surface area contributed by atoms with Gasteiger partial charge in [0.1, 0.15) is 17.1 Å². The Balaban J connectivity index is 1.63. The standard InChI is InChI=1S/C34H47N5O8S/c1-22-19-39(23(2)21-40)33(41)29-18-27(37-48(43,44)28-13-8-7-9-14-28)15-16-30(29)46-24(3)12-10-11-17-45-31(22)20-38(6)34(42)35-32-25(4)36-47-26(32)5/h7-9,13-16,18,22-24,31,37,40H,10-12,17,19-21H2,1-6H3,(H,35,42)/t22-,23+,24-,31-/m0/s1. The number of anilines is 2. The maximum Gasteiger partial charge on any atom is 0.321 e. The molecule has 1 aliphatic rings. The minimum atomic E-state index is -3.93. The molecule has 2 aromatic carbocycles. The molecule has 0 fully saturated rings. The van der Waals surface area contributed by atoms with Crippen molar-refractivity contribution in [2.45, 2.75) is 77.0 Å². The van der Waals surface area contributed by atoms with Crippen LogP contribution in [0.4, 0.5) is 16.2 Å². The van der Waals surface area contributed by atoms with Crippen molar-refractivity contribution >= 4 is 33.3 Å². The van der Waals surface area contributed by atoms with Crippen LogP contribution in [0.2, 0.25) is 0 Å². The van der Waals surface area contributed by atoms with Gasteiger partial charge in [-0.15, -0.1) is 0 Å². The second kappa shape index (κ2) is 16.3. The van der Waals surface area contributed by atoms with E-state index in [0.717, 1.165) is 12.8 Å². The van der Waals surface area contributed by atoms with Crippen LogP contribution >= 0.6 is 0 Å². The molecule has 48 heavy (non-hydrogen) atoms. The number of aliphatic hydroxyl groups excluding tert-OH is 1. The number of aromatic nitrogens is 1. The number of fused-ring (bicyclic) bond motifs is 1. The molecule has 14 heteroatoms. The van der Waals surface area contributed by atoms with Gasteiger partial charge in [-0.05, 0) is 77.3 Å². The summed E-state index contributed by atoms with van der Waals surface area (Å²) < 4.78 is 46.6. The fourth-order valence-corrected chi connectivity index (χ4v) is 6.55. The van der Waals surface area contributed by atoms with Gasteiger partial charge in [0.05, 0.1) is 35.3 Å². The van der Waals surface area contributed by atoms with Crippen LogP contribution in [0, 0.1) is 19.8 Å². The predicted octanol–water partition coefficient (Wildman–Crippen LogP) is 5.05. The number of carbonyl (C=O) groups excluding carboxylic acids is 2. The summed E-state index contributed by atoms with van der Waals surface area (Å²) in [7, 11) is -2.26. The van der Waals surface area contributed by atoms with Crippen LogP contribution in [0.5, 0.6) is 5.75 Å². The summed E-state index contributed by atoms with van der Waals surface area (Å²) in [5, 5.41) is 17.0. The van der Waals surface area contributed by atoms with E-state index in [1.54, 1.807) is 63.1 Å². The summed E-state index contributed by atoms with van der Waals surface area (Å²) in [6, 6.07) is 11.6. The molecule has 0 bridgehead atoms. The van der Waals surface area contributed by atoms with Crippen LogP contribution in [0.25, 0.3) is 0 Å². The minimum Gasteiger partial charge on any atom is -0.490 e. The highest BCUT2D eigenvalue weighted by molar-refractivity contribution is 7.92. The van der Waals surface area contributed by atoms with Crippen molar-refractivity contribution in [1.82, 2.24) is 15.0 Å². The number of nitrogens with zero attached hydrogens (tertiary/aromatic N) is 3. The zero-order valence-electron chi connectivity index (χ0n) is 28.4. The van der Waals surface area contributed by atoms with Gasteiger partial charge in [-0.25, -0.2) is 13.2 Å². The quantitative estimate of drug-likeness (QED) is 0.294. The number of amides is 3. The molecule has 0 spiro atoms. The number of urea groups is 1. The Bertz CT molecular complexity index is 1630. The molecular formula is C34H47N5O8S. The van der Waals surface area contributed by atoms with Crippen LogP contribution in [0.3, 0.4) is 0 Å². The number of rotatable bonds is 8. The third-order valence-corrected chi connectivity index (χ3v) is 9.82. The van der Waals surface area contributed by atoms with E-state index in [1.165, 1.54) is 23.1 Å². The molecule has 4 rings (SSSR count). The molecule has 0 saturated carbocycles. The smallest absolute Gasteiger partial charge is 0.321 e. The Morgan fingerprint density at radius 1 is 1.15 bits per heavy atom. The number of benzene rings is 2. The Morgan fingerprint density at radius 2 is 1.88 bits per heavy atom. The molecule has 3 amide bonds. The average Bonchev–Trinajstić information content (AvgIpc) is 3.38. The number of sulfonamides is 1. The van der Waals surface area contributed by atoms with E-state index in [0.29, 0.717) is 35.9 Å². The molecule has 0 aliphatic carbocycles. The van der Waals surface area contributed by atoms with Crippen LogP contribution in [0.1, 0.15) is 61.8 Å². The Morgan fingerprint density at radius 3 is 2.54 bits per heavy atom. The molecule has 1 aromatic heterocycles. The highest BCUT2D eigenvalue weighted by Crippen LogP contribution is 2.30. The lowest BCUT2D eigenvalue weighted by Gasteiger charge is -2.35. The summed E-state index contributed by atoms with van der Waals surface area (Å²) in [6.07, 6.45) is 1.55. The second-order valence-electron chi connectivity index (χ2n) is 12.4. The summed E-state index contributed by atoms with van der Waals surface area (Å²) in [6.45, 7) is 9.60. The van der Waals surface area contributed by atoms with Gasteiger partial charge in [-0.1, -0.05) is 30.3 Å². The SMILES string of the molecule is Cc1noc(C)c1NC(=O)N(C)C[C@@H]1OCCCC[C@H](C)Oc2ccc(NS(=O)(=O)c3ccccc3)cc2C(=O)N([C@H](C)CO)C[C@@H]1C. The number of hydrogen-bond donors (Lipinski definition) is 3. The Hall–Kier alpha value is -4.14. The largest absolute Gasteiger partial charge is 0.490 e. The normalized spacial score (nSPS) is 20.2. The van der Waals surface area contributed by atoms with Gasteiger partial charge in [-0.3, -0.25) is 9.52 Å². The minimum absolute atomic E-state index is 0.0852. The fraction of sp³-hybridized carbons (Fsp3) is 0.500. The van der Waals surface area contributed by atoms with Gasteiger partial charge in [-0.2, -0.15) is 0 Å². The second-order valence-corrected chi connectivity index (χ2v) is 14.1. The van der Waals surface area contributed by atoms with E-state index in [9.17, 15) is 23.1 Å². The van der Waals surface area contributed by atoms with Crippen LogP contribution in [0.15, 0.2) is 57.9 Å². The van der Waals surface area contributed by atoms with Crippen molar-refractivity contribution in [3.63, 3.8) is 0 Å². The van der Waals surface area contributed by atoms with E-state index in [1.807, 2.05) is 13.8 Å². The molecular weight excluding hydrogens is 638 g/mol. The first-order valence-electron chi connectivity index (χ1n) is 16.2. The maximum absolute atomic E-state index is 14.4. The lowest BCUT2D eigenvalue weighted by molar-refractivity contribution is -0.0115. The third kappa shape index (κ3) is 9.26. The maximum atomic E-state index is 14.4. The van der Waals surface area contributed by atoms with Crippen LogP contribution in [-0.4, -0.2) is 92.0 Å². The highest BCUT2D eigenvalue weighted by atomic mass is 32.2. The number of aliphatic hydroxyl groups is 1. The zero-order chi connectivity index (χ0) is 35.0. The number of ether oxygens (including phenoxy) is 2. The van der Waals surface area contributed by atoms with E-state index in [2.05, 4.69) is 15.2 Å². The molecule has 1 aliphatic heterocycles. The molecule has 13 nitrogen and oxygen atoms in total. The van der Waals surface area contributed by atoms with Crippen molar-refractivity contribution in [1.29, 1.82) is 0 Å². The van der Waals surface area contributed by atoms with E-state index in [4.69, 9.17) is 14.0 Å². The topological polar surface area (TPSA) is 164 Å². The van der Waals surface area contributed by atoms with Crippen LogP contribution in [-0.2, 0) is 14.8 Å². The van der Waals surface area contributed by atoms with E-state index >= 15 is 0 Å². The monoisotopic (exact) mass is 685 g/mol. The lowest BCUT2D eigenvalue weighted by atomic mass is 10.0. The van der Waals surface area contributed by atoms with Gasteiger partial charge >= 0.3 is 6.03 Å². The van der Waals surface area contributed by atoms with E-state index in [-0.39, 0.29) is 53.9 Å². The van der Waals surface area contributed by atoms with Gasteiger partial charge < -0.3 is 34.2 Å². The average molecular weight is 686 g/mol. The summed E-state index contributed by atoms with van der Waals surface area (Å²) in [4.78, 5) is 30.7. The summed E-state index contributed by atoms with van der Waals surface area (Å²) in [5.41, 5.74) is 1.44. The molecule has 0 saturated heterocycles. The van der Waals surface area contributed by atoms with Crippen molar-refractivity contribution < 1.29 is 37.1 Å². The molecule has 2 heterocycles. The zero-order valence-corrected chi connectivity index (χ0v) is 29.2. The molecule has 4 atom stereocenters. The van der Waals surface area contributed by atoms with Crippen molar-refractivity contribution in [2.75, 3.05) is 43.4 Å². The number of likely N-dealkylation sites (N-methyl/N-ethyl adjacent to an activating group) is 1. The third-order valence-electron chi connectivity index (χ3n) is 8.42. The Kier molecular flexibility index (Phi) is 12.5. The summed E-state index contributed by atoms with van der Waals surface area (Å²) in [5.74, 6) is 0.104. The van der Waals surface area contributed by atoms with Crippen molar-refractivity contribution in [3.8, 4) is 5.75 Å². The molecule has 0 unspecified atom stereocenters. The number of hydrogen-bond acceptors (Lipinski definition) is 9. The first-order chi connectivity index (χ1) is 22.8. The van der Waals surface area contributed by atoms with Gasteiger partial charge in [0.15, 0.2) is 5.76 Å². The highest BCUT2D eigenvalue weighted by Gasteiger charge is 2.31.